The number of nitrogens with zero attached hydrogens (tertiary/aromatic N) is 1. The Morgan fingerprint density at radius 2 is 1.44 bits per heavy atom. The average Bonchev–Trinajstić information content (AvgIpc) is 3.62. The van der Waals surface area contributed by atoms with Crippen LogP contribution in [-0.2, 0) is 33.2 Å². The van der Waals surface area contributed by atoms with Gasteiger partial charge in [0.05, 0.1) is 30.5 Å². The number of fused-ring (bicyclic) bond motifs is 2. The van der Waals surface area contributed by atoms with E-state index in [1.807, 2.05) is 13.1 Å². The van der Waals surface area contributed by atoms with Crippen molar-refractivity contribution in [2.45, 2.75) is 164 Å². The predicted molar refractivity (Wildman–Crippen MR) is 220 cm³/mol. The van der Waals surface area contributed by atoms with Crippen molar-refractivity contribution in [3.63, 3.8) is 0 Å². The smallest absolute Gasteiger partial charge is 0.338 e. The molecule has 15 unspecified atom stereocenters. The molecule has 1 heterocycles. The molecule has 0 radical (unpaired) electrons. The number of carbonyl (C=O) groups is 2. The van der Waals surface area contributed by atoms with Crippen molar-refractivity contribution in [1.82, 2.24) is 4.90 Å². The minimum absolute atomic E-state index is 0.0845. The van der Waals surface area contributed by atoms with Crippen LogP contribution in [0.1, 0.15) is 120 Å². The first-order valence-electron chi connectivity index (χ1n) is 22.8. The second-order valence-corrected chi connectivity index (χ2v) is 19.1. The molecule has 6 fully saturated rings. The van der Waals surface area contributed by atoms with E-state index < -0.39 is 88.3 Å². The molecule has 1 saturated heterocycles. The molecule has 332 valence electrons. The highest BCUT2D eigenvalue weighted by atomic mass is 16.6. The fourth-order valence-electron chi connectivity index (χ4n) is 14.5. The summed E-state index contributed by atoms with van der Waals surface area (Å²) in [5.74, 6) is -3.48. The maximum atomic E-state index is 14.5. The van der Waals surface area contributed by atoms with Crippen LogP contribution in [-0.4, -0.2) is 135 Å². The van der Waals surface area contributed by atoms with E-state index in [4.69, 9.17) is 28.4 Å². The second kappa shape index (κ2) is 18.3. The van der Waals surface area contributed by atoms with Gasteiger partial charge in [0, 0.05) is 82.5 Å². The van der Waals surface area contributed by atoms with Gasteiger partial charge < -0.3 is 48.6 Å². The first-order valence-corrected chi connectivity index (χ1v) is 22.8. The summed E-state index contributed by atoms with van der Waals surface area (Å²) in [6.45, 7) is 2.97. The minimum Gasteiger partial charge on any atom is -0.455 e. The van der Waals surface area contributed by atoms with Crippen molar-refractivity contribution >= 4 is 11.9 Å². The van der Waals surface area contributed by atoms with Gasteiger partial charge in [0.1, 0.15) is 23.9 Å². The Balaban J connectivity index is 1.21. The van der Waals surface area contributed by atoms with E-state index in [-0.39, 0.29) is 31.4 Å². The molecule has 1 aromatic carbocycles. The molecular weight excluding hydrogens is 755 g/mol. The van der Waals surface area contributed by atoms with E-state index in [2.05, 4.69) is 11.8 Å². The lowest BCUT2D eigenvalue weighted by atomic mass is 9.42. The number of aliphatic hydroxyl groups excluding tert-OH is 2. The van der Waals surface area contributed by atoms with Gasteiger partial charge in [-0.2, -0.15) is 0 Å². The molecule has 1 spiro atoms. The van der Waals surface area contributed by atoms with E-state index >= 15 is 0 Å². The standard InChI is InChI=1S/C47H73NO11/c1-7-8-9-10-11-12-13-14-15-16-17-18-22-25-34(50)59-47-35-31(27-45(53,42(57-6)40(47)51)41(35)58-43(52)30-23-20-19-21-24-30)46-33(55-4)26-32(49)44(29-54-3)28-48(2)39(46)36(47)37(56-5)38(44)46/h19-21,23-24,31-33,35-42,49,51,53H,7-18,22,25-29H2,1-6H3. The summed E-state index contributed by atoms with van der Waals surface area (Å²) in [5, 5.41) is 38.1. The third kappa shape index (κ3) is 7.02. The number of ether oxygens (including phenoxy) is 6. The van der Waals surface area contributed by atoms with E-state index in [0.717, 1.165) is 19.3 Å². The van der Waals surface area contributed by atoms with Crippen molar-refractivity contribution in [3.8, 4) is 0 Å². The van der Waals surface area contributed by atoms with Crippen LogP contribution in [0.4, 0.5) is 0 Å². The molecule has 5 saturated carbocycles. The molecule has 5 aliphatic carbocycles. The Morgan fingerprint density at radius 3 is 2.02 bits per heavy atom. The highest BCUT2D eigenvalue weighted by molar-refractivity contribution is 5.89. The third-order valence-corrected chi connectivity index (χ3v) is 16.3. The van der Waals surface area contributed by atoms with Crippen LogP contribution in [0.15, 0.2) is 30.3 Å². The number of rotatable bonds is 22. The van der Waals surface area contributed by atoms with Gasteiger partial charge in [0.15, 0.2) is 5.60 Å². The van der Waals surface area contributed by atoms with Gasteiger partial charge in [0.2, 0.25) is 0 Å². The largest absolute Gasteiger partial charge is 0.455 e. The van der Waals surface area contributed by atoms with Gasteiger partial charge in [-0.05, 0) is 37.9 Å². The van der Waals surface area contributed by atoms with Crippen LogP contribution in [0.3, 0.4) is 0 Å². The molecule has 0 amide bonds. The van der Waals surface area contributed by atoms with Crippen LogP contribution < -0.4 is 0 Å². The zero-order chi connectivity index (χ0) is 42.2. The molecule has 12 nitrogen and oxygen atoms in total. The normalized spacial score (nSPS) is 41.5. The lowest BCUT2D eigenvalue weighted by Gasteiger charge is -2.70. The van der Waals surface area contributed by atoms with Crippen LogP contribution in [0.25, 0.3) is 0 Å². The van der Waals surface area contributed by atoms with E-state index in [1.54, 1.807) is 45.6 Å². The molecular formula is C47H73NO11. The summed E-state index contributed by atoms with van der Waals surface area (Å²) in [5.41, 5.74) is -4.82. The molecule has 0 aromatic heterocycles. The molecule has 12 heteroatoms. The first-order chi connectivity index (χ1) is 28.5. The molecule has 7 rings (SSSR count). The summed E-state index contributed by atoms with van der Waals surface area (Å²) in [6.07, 6.45) is 9.99. The molecule has 6 aliphatic rings. The maximum Gasteiger partial charge on any atom is 0.338 e. The number of carbonyl (C=O) groups excluding carboxylic acids is 2. The molecule has 3 N–H and O–H groups in total. The summed E-state index contributed by atoms with van der Waals surface area (Å²) < 4.78 is 38.5. The van der Waals surface area contributed by atoms with Gasteiger partial charge >= 0.3 is 11.9 Å². The number of hydrogen-bond acceptors (Lipinski definition) is 12. The Hall–Kier alpha value is -2.16. The van der Waals surface area contributed by atoms with E-state index in [1.165, 1.54) is 64.9 Å². The molecule has 59 heavy (non-hydrogen) atoms. The van der Waals surface area contributed by atoms with Crippen molar-refractivity contribution in [2.75, 3.05) is 48.6 Å². The molecule has 15 atom stereocenters. The van der Waals surface area contributed by atoms with E-state index in [9.17, 15) is 24.9 Å². The first kappa shape index (κ1) is 44.9. The zero-order valence-corrected chi connectivity index (χ0v) is 36.5. The molecule has 7 bridgehead atoms. The SMILES string of the molecule is CCCCCCCCCCCCCCCC(=O)OC12C(O)C(OC)C3(O)CC(C1C3OC(=O)c1ccccc1)C13C(OC)CC(O)C4(COC)CN(C)C1C2C(OC)C43. The van der Waals surface area contributed by atoms with Crippen molar-refractivity contribution in [2.24, 2.45) is 34.5 Å². The summed E-state index contributed by atoms with van der Waals surface area (Å²) in [7, 11) is 8.39. The minimum atomic E-state index is -1.84. The average molecular weight is 828 g/mol. The number of likely N-dealkylation sites (tertiary alicyclic amines) is 1. The number of benzene rings is 1. The van der Waals surface area contributed by atoms with Crippen LogP contribution >= 0.6 is 0 Å². The number of hydrogen-bond donors (Lipinski definition) is 3. The lowest BCUT2D eigenvalue weighted by Crippen LogP contribution is -2.81. The zero-order valence-electron chi connectivity index (χ0n) is 36.5. The van der Waals surface area contributed by atoms with Crippen molar-refractivity contribution < 1.29 is 53.3 Å². The summed E-state index contributed by atoms with van der Waals surface area (Å²) >= 11 is 0. The second-order valence-electron chi connectivity index (χ2n) is 19.1. The number of piperidine rings is 1. The quantitative estimate of drug-likeness (QED) is 0.0969. The van der Waals surface area contributed by atoms with Gasteiger partial charge in [-0.25, -0.2) is 4.79 Å². The van der Waals surface area contributed by atoms with E-state index in [0.29, 0.717) is 24.9 Å². The maximum absolute atomic E-state index is 14.5. The highest BCUT2D eigenvalue weighted by Gasteiger charge is 2.92. The number of aliphatic hydroxyl groups is 3. The number of unbranched alkanes of at least 4 members (excludes halogenated alkanes) is 12. The number of esters is 2. The summed E-state index contributed by atoms with van der Waals surface area (Å²) in [6, 6.07) is 8.29. The fourth-order valence-corrected chi connectivity index (χ4v) is 14.5. The van der Waals surface area contributed by atoms with Gasteiger partial charge in [-0.1, -0.05) is 102 Å². The van der Waals surface area contributed by atoms with Gasteiger partial charge in [-0.15, -0.1) is 0 Å². The Kier molecular flexibility index (Phi) is 13.9. The Labute approximate surface area is 352 Å². The van der Waals surface area contributed by atoms with Crippen LogP contribution in [0, 0.1) is 34.5 Å². The third-order valence-electron chi connectivity index (χ3n) is 16.3. The van der Waals surface area contributed by atoms with Crippen LogP contribution in [0.2, 0.25) is 0 Å². The van der Waals surface area contributed by atoms with Crippen LogP contribution in [0.5, 0.6) is 0 Å². The Bertz CT molecular complexity index is 1580. The van der Waals surface area contributed by atoms with Gasteiger partial charge in [-0.3, -0.25) is 4.79 Å². The predicted octanol–water partition coefficient (Wildman–Crippen LogP) is 5.72. The number of methoxy groups -OCH3 is 4. The highest BCUT2D eigenvalue weighted by Crippen LogP contribution is 2.80. The summed E-state index contributed by atoms with van der Waals surface area (Å²) in [4.78, 5) is 30.8. The monoisotopic (exact) mass is 828 g/mol. The lowest BCUT2D eigenvalue weighted by molar-refractivity contribution is -0.321. The van der Waals surface area contributed by atoms with Crippen molar-refractivity contribution in [1.29, 1.82) is 0 Å². The molecule has 1 aliphatic heterocycles. The fraction of sp³-hybridized carbons (Fsp3) is 0.830. The topological polar surface area (TPSA) is 153 Å². The molecule has 1 aromatic rings. The van der Waals surface area contributed by atoms with Gasteiger partial charge in [0.25, 0.3) is 0 Å². The Morgan fingerprint density at radius 1 is 0.814 bits per heavy atom. The van der Waals surface area contributed by atoms with Crippen molar-refractivity contribution in [3.05, 3.63) is 35.9 Å².